The van der Waals surface area contributed by atoms with Gasteiger partial charge in [0.1, 0.15) is 29.9 Å². The number of hydrogen-bond donors (Lipinski definition) is 2. The summed E-state index contributed by atoms with van der Waals surface area (Å²) in [5, 5.41) is 19.5. The zero-order valence-electron chi connectivity index (χ0n) is 11.1. The van der Waals surface area contributed by atoms with Gasteiger partial charge in [-0.15, -0.1) is 10.2 Å². The van der Waals surface area contributed by atoms with E-state index in [1.54, 1.807) is 28.8 Å². The van der Waals surface area contributed by atoms with E-state index in [9.17, 15) is 9.90 Å². The molecule has 0 aliphatic heterocycles. The third-order valence-electron chi connectivity index (χ3n) is 2.83. The van der Waals surface area contributed by atoms with Gasteiger partial charge in [-0.1, -0.05) is 6.07 Å². The Labute approximate surface area is 133 Å². The van der Waals surface area contributed by atoms with Gasteiger partial charge in [0.25, 0.3) is 5.91 Å². The van der Waals surface area contributed by atoms with Gasteiger partial charge in [0.2, 0.25) is 0 Å². The summed E-state index contributed by atoms with van der Waals surface area (Å²) in [4.78, 5) is 16.6. The smallest absolute Gasteiger partial charge is 0.275 e. The van der Waals surface area contributed by atoms with Crippen LogP contribution in [0.5, 0.6) is 5.75 Å². The summed E-state index contributed by atoms with van der Waals surface area (Å²) >= 11 is 3.31. The van der Waals surface area contributed by atoms with E-state index < -0.39 is 5.91 Å². The van der Waals surface area contributed by atoms with Crippen LogP contribution in [-0.4, -0.2) is 30.8 Å². The maximum Gasteiger partial charge on any atom is 0.275 e. The molecule has 3 rings (SSSR count). The van der Waals surface area contributed by atoms with Crippen LogP contribution >= 0.6 is 15.9 Å². The van der Waals surface area contributed by atoms with E-state index in [1.165, 1.54) is 24.8 Å². The van der Waals surface area contributed by atoms with Gasteiger partial charge in [-0.3, -0.25) is 9.36 Å². The Morgan fingerprint density at radius 1 is 1.18 bits per heavy atom. The summed E-state index contributed by atoms with van der Waals surface area (Å²) in [5.74, 6) is 0.199. The van der Waals surface area contributed by atoms with Crippen LogP contribution in [0.15, 0.2) is 53.5 Å². The largest absolute Gasteiger partial charge is 0.508 e. The van der Waals surface area contributed by atoms with E-state index in [0.29, 0.717) is 16.0 Å². The molecule has 0 bridgehead atoms. The highest BCUT2D eigenvalue weighted by atomic mass is 79.9. The standard InChI is InChI=1S/C14H10BrN5O2/c15-11-4-5-12(20-7-16-17-8-20)19-13(11)14(22)18-9-2-1-3-10(21)6-9/h1-8,21H,(H,18,22). The highest BCUT2D eigenvalue weighted by Crippen LogP contribution is 2.20. The molecule has 1 amide bonds. The van der Waals surface area contributed by atoms with Gasteiger partial charge in [-0.2, -0.15) is 0 Å². The Hall–Kier alpha value is -2.74. The number of rotatable bonds is 3. The number of carbonyl (C=O) groups is 1. The van der Waals surface area contributed by atoms with Crippen molar-refractivity contribution in [2.24, 2.45) is 0 Å². The van der Waals surface area contributed by atoms with Gasteiger partial charge in [-0.25, -0.2) is 4.98 Å². The number of aromatic hydroxyl groups is 1. The monoisotopic (exact) mass is 359 g/mol. The van der Waals surface area contributed by atoms with Crippen LogP contribution < -0.4 is 5.32 Å². The molecule has 0 aliphatic carbocycles. The number of hydrogen-bond acceptors (Lipinski definition) is 5. The molecule has 3 aromatic rings. The number of carbonyl (C=O) groups excluding carboxylic acids is 1. The van der Waals surface area contributed by atoms with Crippen LogP contribution in [0.1, 0.15) is 10.5 Å². The Kier molecular flexibility index (Phi) is 3.84. The number of halogens is 1. The van der Waals surface area contributed by atoms with Gasteiger partial charge in [-0.05, 0) is 40.2 Å². The normalized spacial score (nSPS) is 10.4. The van der Waals surface area contributed by atoms with Gasteiger partial charge in [0.15, 0.2) is 0 Å². The van der Waals surface area contributed by atoms with Crippen LogP contribution in [0, 0.1) is 0 Å². The molecule has 22 heavy (non-hydrogen) atoms. The molecule has 110 valence electrons. The second-order valence-electron chi connectivity index (χ2n) is 4.37. The van der Waals surface area contributed by atoms with E-state index in [1.807, 2.05) is 0 Å². The molecule has 1 aromatic carbocycles. The fraction of sp³-hybridized carbons (Fsp3) is 0. The van der Waals surface area contributed by atoms with Crippen molar-refractivity contribution in [3.8, 4) is 11.6 Å². The van der Waals surface area contributed by atoms with Gasteiger partial charge >= 0.3 is 0 Å². The van der Waals surface area contributed by atoms with Crippen LogP contribution in [0.2, 0.25) is 0 Å². The quantitative estimate of drug-likeness (QED) is 0.748. The predicted molar refractivity (Wildman–Crippen MR) is 82.9 cm³/mol. The molecular weight excluding hydrogens is 350 g/mol. The molecular formula is C14H10BrN5O2. The minimum atomic E-state index is -0.396. The van der Waals surface area contributed by atoms with Crippen LogP contribution in [-0.2, 0) is 0 Å². The maximum atomic E-state index is 12.3. The van der Waals surface area contributed by atoms with E-state index in [4.69, 9.17) is 0 Å². The molecule has 8 heteroatoms. The number of benzene rings is 1. The summed E-state index contributed by atoms with van der Waals surface area (Å²) in [7, 11) is 0. The van der Waals surface area contributed by atoms with Crippen molar-refractivity contribution in [2.45, 2.75) is 0 Å². The molecule has 7 nitrogen and oxygen atoms in total. The second-order valence-corrected chi connectivity index (χ2v) is 5.23. The van der Waals surface area contributed by atoms with E-state index in [-0.39, 0.29) is 11.4 Å². The van der Waals surface area contributed by atoms with Gasteiger partial charge in [0, 0.05) is 16.2 Å². The molecule has 0 atom stereocenters. The number of phenols is 1. The third-order valence-corrected chi connectivity index (χ3v) is 3.47. The maximum absolute atomic E-state index is 12.3. The summed E-state index contributed by atoms with van der Waals surface area (Å²) in [6.45, 7) is 0. The number of nitrogens with one attached hydrogen (secondary N) is 1. The first kappa shape index (κ1) is 14.2. The fourth-order valence-corrected chi connectivity index (χ4v) is 2.23. The summed E-state index contributed by atoms with van der Waals surface area (Å²) in [5.41, 5.74) is 0.697. The molecule has 0 radical (unpaired) electrons. The Bertz CT molecular complexity index is 820. The highest BCUT2D eigenvalue weighted by molar-refractivity contribution is 9.10. The molecule has 0 saturated carbocycles. The summed E-state index contributed by atoms with van der Waals surface area (Å²) in [6.07, 6.45) is 2.99. The molecule has 0 fully saturated rings. The molecule has 2 heterocycles. The lowest BCUT2D eigenvalue weighted by atomic mass is 10.2. The second kappa shape index (κ2) is 5.94. The van der Waals surface area contributed by atoms with Crippen LogP contribution in [0.4, 0.5) is 5.69 Å². The summed E-state index contributed by atoms with van der Waals surface area (Å²) in [6, 6.07) is 9.75. The first-order valence-corrected chi connectivity index (χ1v) is 7.05. The van der Waals surface area contributed by atoms with Crippen molar-refractivity contribution in [3.05, 3.63) is 59.2 Å². The van der Waals surface area contributed by atoms with E-state index in [0.717, 1.165) is 0 Å². The topological polar surface area (TPSA) is 92.9 Å². The first-order valence-electron chi connectivity index (χ1n) is 6.25. The predicted octanol–water partition coefficient (Wildman–Crippen LogP) is 2.38. The van der Waals surface area contributed by atoms with Crippen molar-refractivity contribution >= 4 is 27.5 Å². The fourth-order valence-electron chi connectivity index (χ4n) is 1.83. The number of anilines is 1. The van der Waals surface area contributed by atoms with E-state index >= 15 is 0 Å². The van der Waals surface area contributed by atoms with Crippen molar-refractivity contribution in [1.82, 2.24) is 19.7 Å². The molecule has 0 saturated heterocycles. The lowest BCUT2D eigenvalue weighted by molar-refractivity contribution is 0.102. The number of pyridine rings is 1. The van der Waals surface area contributed by atoms with Gasteiger partial charge in [0.05, 0.1) is 0 Å². The third kappa shape index (κ3) is 2.96. The average molecular weight is 360 g/mol. The number of phenolic OH excluding ortho intramolecular Hbond substituents is 1. The first-order chi connectivity index (χ1) is 10.6. The van der Waals surface area contributed by atoms with Crippen molar-refractivity contribution in [3.63, 3.8) is 0 Å². The van der Waals surface area contributed by atoms with Crippen molar-refractivity contribution in [1.29, 1.82) is 0 Å². The Balaban J connectivity index is 1.90. The zero-order chi connectivity index (χ0) is 15.5. The van der Waals surface area contributed by atoms with Crippen molar-refractivity contribution < 1.29 is 9.90 Å². The lowest BCUT2D eigenvalue weighted by Crippen LogP contribution is -2.15. The molecule has 0 aliphatic rings. The van der Waals surface area contributed by atoms with E-state index in [2.05, 4.69) is 36.4 Å². The van der Waals surface area contributed by atoms with Crippen molar-refractivity contribution in [2.75, 3.05) is 5.32 Å². The Morgan fingerprint density at radius 2 is 1.95 bits per heavy atom. The zero-order valence-corrected chi connectivity index (χ0v) is 12.7. The SMILES string of the molecule is O=C(Nc1cccc(O)c1)c1nc(-n2cnnc2)ccc1Br. The molecule has 2 N–H and O–H groups in total. The number of amides is 1. The average Bonchev–Trinajstić information content (AvgIpc) is 3.02. The van der Waals surface area contributed by atoms with Crippen LogP contribution in [0.25, 0.3) is 5.82 Å². The minimum Gasteiger partial charge on any atom is -0.508 e. The highest BCUT2D eigenvalue weighted by Gasteiger charge is 2.14. The number of aromatic nitrogens is 4. The number of nitrogens with zero attached hydrogens (tertiary/aromatic N) is 4. The molecule has 0 spiro atoms. The van der Waals surface area contributed by atoms with Crippen LogP contribution in [0.3, 0.4) is 0 Å². The lowest BCUT2D eigenvalue weighted by Gasteiger charge is -2.08. The minimum absolute atomic E-state index is 0.0723. The van der Waals surface area contributed by atoms with Gasteiger partial charge < -0.3 is 10.4 Å². The molecule has 2 aromatic heterocycles. The molecule has 0 unspecified atom stereocenters. The Morgan fingerprint density at radius 3 is 2.68 bits per heavy atom. The summed E-state index contributed by atoms with van der Waals surface area (Å²) < 4.78 is 2.15.